The van der Waals surface area contributed by atoms with Crippen LogP contribution in [0.15, 0.2) is 59.0 Å². The van der Waals surface area contributed by atoms with E-state index in [2.05, 4.69) is 5.32 Å². The zero-order valence-electron chi connectivity index (χ0n) is 12.6. The maximum Gasteiger partial charge on any atom is 0.337 e. The molecule has 25 heavy (non-hydrogen) atoms. The smallest absolute Gasteiger partial charge is 0.337 e. The van der Waals surface area contributed by atoms with E-state index in [0.717, 1.165) is 5.56 Å². The molecule has 2 aromatic carbocycles. The fourth-order valence-corrected chi connectivity index (χ4v) is 2.67. The van der Waals surface area contributed by atoms with E-state index < -0.39 is 11.9 Å². The number of aromatic carboxylic acids is 1. The van der Waals surface area contributed by atoms with Crippen LogP contribution in [-0.4, -0.2) is 17.0 Å². The highest BCUT2D eigenvalue weighted by atomic mass is 35.5. The van der Waals surface area contributed by atoms with Crippen molar-refractivity contribution in [1.82, 2.24) is 0 Å². The first-order chi connectivity index (χ1) is 11.9. The number of hydrogen-bond donors (Lipinski definition) is 2. The molecule has 0 atom stereocenters. The third-order valence-electron chi connectivity index (χ3n) is 3.40. The molecule has 0 unspecified atom stereocenters. The summed E-state index contributed by atoms with van der Waals surface area (Å²) in [5.41, 5.74) is 1.07. The first-order valence-corrected chi connectivity index (χ1v) is 7.89. The van der Waals surface area contributed by atoms with Gasteiger partial charge in [0.05, 0.1) is 10.6 Å². The van der Waals surface area contributed by atoms with Gasteiger partial charge in [0.1, 0.15) is 5.76 Å². The molecule has 0 radical (unpaired) electrons. The number of amides is 1. The molecule has 0 fully saturated rings. The maximum absolute atomic E-state index is 12.3. The molecule has 3 rings (SSSR count). The molecule has 1 amide bonds. The number of carbonyl (C=O) groups excluding carboxylic acids is 1. The third-order valence-corrected chi connectivity index (χ3v) is 3.94. The van der Waals surface area contributed by atoms with E-state index >= 15 is 0 Å². The number of carboxylic acids is 1. The Morgan fingerprint density at radius 3 is 2.48 bits per heavy atom. The van der Waals surface area contributed by atoms with Gasteiger partial charge in [-0.1, -0.05) is 35.3 Å². The van der Waals surface area contributed by atoms with Crippen molar-refractivity contribution in [3.63, 3.8) is 0 Å². The number of furan rings is 1. The van der Waals surface area contributed by atoms with Gasteiger partial charge in [-0.05, 0) is 42.5 Å². The van der Waals surface area contributed by atoms with Gasteiger partial charge in [0.25, 0.3) is 5.91 Å². The SMILES string of the molecule is O=C(Nc1ccc(C(=O)O)c(Cl)c1)c1ccc(-c2cccc(Cl)c2)o1. The van der Waals surface area contributed by atoms with Gasteiger partial charge in [-0.2, -0.15) is 0 Å². The normalized spacial score (nSPS) is 10.5. The first-order valence-electron chi connectivity index (χ1n) is 7.14. The van der Waals surface area contributed by atoms with Crippen LogP contribution in [0, 0.1) is 0 Å². The fraction of sp³-hybridized carbons (Fsp3) is 0. The Kier molecular flexibility index (Phi) is 4.79. The fourth-order valence-electron chi connectivity index (χ4n) is 2.22. The molecule has 1 aromatic heterocycles. The Balaban J connectivity index is 1.78. The zero-order chi connectivity index (χ0) is 18.0. The molecular formula is C18H11Cl2NO4. The quantitative estimate of drug-likeness (QED) is 0.656. The van der Waals surface area contributed by atoms with Gasteiger partial charge in [-0.25, -0.2) is 4.79 Å². The van der Waals surface area contributed by atoms with Crippen molar-refractivity contribution in [1.29, 1.82) is 0 Å². The molecule has 7 heteroatoms. The molecule has 0 aliphatic rings. The molecule has 0 spiro atoms. The zero-order valence-corrected chi connectivity index (χ0v) is 14.1. The third kappa shape index (κ3) is 3.84. The van der Waals surface area contributed by atoms with E-state index in [1.54, 1.807) is 30.3 Å². The number of carboxylic acid groups (broad SMARTS) is 1. The second-order valence-electron chi connectivity index (χ2n) is 5.13. The number of nitrogens with one attached hydrogen (secondary N) is 1. The topological polar surface area (TPSA) is 79.5 Å². The van der Waals surface area contributed by atoms with Crippen molar-refractivity contribution in [3.05, 3.63) is 76.0 Å². The summed E-state index contributed by atoms with van der Waals surface area (Å²) in [6.07, 6.45) is 0. The lowest BCUT2D eigenvalue weighted by atomic mass is 10.2. The van der Waals surface area contributed by atoms with Crippen LogP contribution in [0.3, 0.4) is 0 Å². The molecule has 2 N–H and O–H groups in total. The molecule has 5 nitrogen and oxygen atoms in total. The predicted octanol–water partition coefficient (Wildman–Crippen LogP) is 5.20. The number of carbonyl (C=O) groups is 2. The van der Waals surface area contributed by atoms with Gasteiger partial charge in [0.2, 0.25) is 0 Å². The van der Waals surface area contributed by atoms with Crippen LogP contribution in [0.4, 0.5) is 5.69 Å². The summed E-state index contributed by atoms with van der Waals surface area (Å²) < 4.78 is 5.55. The molecule has 0 saturated carbocycles. The van der Waals surface area contributed by atoms with E-state index in [4.69, 9.17) is 32.7 Å². The molecular weight excluding hydrogens is 365 g/mol. The summed E-state index contributed by atoms with van der Waals surface area (Å²) >= 11 is 11.8. The Morgan fingerprint density at radius 1 is 1.00 bits per heavy atom. The van der Waals surface area contributed by atoms with Gasteiger partial charge in [0, 0.05) is 16.3 Å². The summed E-state index contributed by atoms with van der Waals surface area (Å²) in [6.45, 7) is 0. The largest absolute Gasteiger partial charge is 0.478 e. The lowest BCUT2D eigenvalue weighted by molar-refractivity contribution is 0.0697. The van der Waals surface area contributed by atoms with E-state index in [1.807, 2.05) is 6.07 Å². The monoisotopic (exact) mass is 375 g/mol. The van der Waals surface area contributed by atoms with E-state index in [0.29, 0.717) is 16.5 Å². The van der Waals surface area contributed by atoms with Gasteiger partial charge in [-0.15, -0.1) is 0 Å². The first kappa shape index (κ1) is 17.1. The minimum Gasteiger partial charge on any atom is -0.478 e. The number of hydrogen-bond acceptors (Lipinski definition) is 3. The van der Waals surface area contributed by atoms with E-state index in [1.165, 1.54) is 18.2 Å². The van der Waals surface area contributed by atoms with Crippen molar-refractivity contribution in [2.75, 3.05) is 5.32 Å². The average Bonchev–Trinajstić information content (AvgIpc) is 3.04. The van der Waals surface area contributed by atoms with Crippen LogP contribution in [0.1, 0.15) is 20.9 Å². The molecule has 0 aliphatic heterocycles. The van der Waals surface area contributed by atoms with Gasteiger partial charge < -0.3 is 14.8 Å². The van der Waals surface area contributed by atoms with Crippen LogP contribution in [0.25, 0.3) is 11.3 Å². The van der Waals surface area contributed by atoms with Gasteiger partial charge in [-0.3, -0.25) is 4.79 Å². The maximum atomic E-state index is 12.3. The second-order valence-corrected chi connectivity index (χ2v) is 5.97. The van der Waals surface area contributed by atoms with Crippen molar-refractivity contribution in [3.8, 4) is 11.3 Å². The summed E-state index contributed by atoms with van der Waals surface area (Å²) in [7, 11) is 0. The summed E-state index contributed by atoms with van der Waals surface area (Å²) in [4.78, 5) is 23.2. The number of halogens is 2. The van der Waals surface area contributed by atoms with Crippen molar-refractivity contribution in [2.24, 2.45) is 0 Å². The van der Waals surface area contributed by atoms with Crippen molar-refractivity contribution < 1.29 is 19.1 Å². The van der Waals surface area contributed by atoms with Crippen molar-refractivity contribution in [2.45, 2.75) is 0 Å². The lowest BCUT2D eigenvalue weighted by Crippen LogP contribution is -2.11. The minimum absolute atomic E-state index is 0.0318. The average molecular weight is 376 g/mol. The van der Waals surface area contributed by atoms with Crippen LogP contribution in [-0.2, 0) is 0 Å². The molecule has 0 aliphatic carbocycles. The highest BCUT2D eigenvalue weighted by molar-refractivity contribution is 6.34. The summed E-state index contributed by atoms with van der Waals surface area (Å²) in [5, 5.41) is 12.2. The number of rotatable bonds is 4. The van der Waals surface area contributed by atoms with Crippen LogP contribution in [0.5, 0.6) is 0 Å². The van der Waals surface area contributed by atoms with Crippen LogP contribution in [0.2, 0.25) is 10.0 Å². The summed E-state index contributed by atoms with van der Waals surface area (Å²) in [5.74, 6) is -1.01. The highest BCUT2D eigenvalue weighted by Gasteiger charge is 2.14. The molecule has 0 bridgehead atoms. The standard InChI is InChI=1S/C18H11Cl2NO4/c19-11-3-1-2-10(8-11)15-6-7-16(25-15)17(22)21-12-4-5-13(18(23)24)14(20)9-12/h1-9H,(H,21,22)(H,23,24). The molecule has 1 heterocycles. The van der Waals surface area contributed by atoms with Gasteiger partial charge in [0.15, 0.2) is 5.76 Å². The Morgan fingerprint density at radius 2 is 1.80 bits per heavy atom. The highest BCUT2D eigenvalue weighted by Crippen LogP contribution is 2.26. The Hall–Kier alpha value is -2.76. The molecule has 126 valence electrons. The summed E-state index contributed by atoms with van der Waals surface area (Å²) in [6, 6.07) is 14.4. The van der Waals surface area contributed by atoms with Crippen LogP contribution >= 0.6 is 23.2 Å². The minimum atomic E-state index is -1.14. The van der Waals surface area contributed by atoms with E-state index in [9.17, 15) is 9.59 Å². The lowest BCUT2D eigenvalue weighted by Gasteiger charge is -2.05. The second kappa shape index (κ2) is 7.01. The Labute approximate surface area is 152 Å². The van der Waals surface area contributed by atoms with Gasteiger partial charge >= 0.3 is 5.97 Å². The molecule has 3 aromatic rings. The Bertz CT molecular complexity index is 965. The number of anilines is 1. The predicted molar refractivity (Wildman–Crippen MR) is 95.5 cm³/mol. The van der Waals surface area contributed by atoms with Crippen molar-refractivity contribution >= 4 is 40.8 Å². The van der Waals surface area contributed by atoms with Crippen LogP contribution < -0.4 is 5.32 Å². The van der Waals surface area contributed by atoms with E-state index in [-0.39, 0.29) is 16.3 Å². The number of benzene rings is 2. The molecule has 0 saturated heterocycles.